The Morgan fingerprint density at radius 3 is 1.50 bits per heavy atom. The molecule has 0 bridgehead atoms. The van der Waals surface area contributed by atoms with Gasteiger partial charge in [-0.1, -0.05) is 164 Å². The maximum atomic E-state index is 15.8. The fourth-order valence-electron chi connectivity index (χ4n) is 7.34. The molecule has 3 heteroatoms. The molecule has 236 valence electrons. The summed E-state index contributed by atoms with van der Waals surface area (Å²) in [5, 5.41) is 8.13. The van der Waals surface area contributed by atoms with Crippen LogP contribution in [0.15, 0.2) is 194 Å². The van der Waals surface area contributed by atoms with Gasteiger partial charge < -0.3 is 4.57 Å². The van der Waals surface area contributed by atoms with E-state index in [2.05, 4.69) is 121 Å². The third-order valence-electron chi connectivity index (χ3n) is 9.69. The summed E-state index contributed by atoms with van der Waals surface area (Å²) in [6.45, 7) is 0. The number of hydrogen-bond acceptors (Lipinski definition) is 2. The maximum Gasteiger partial charge on any atom is 0.171 e. The van der Waals surface area contributed by atoms with Crippen molar-refractivity contribution in [2.24, 2.45) is 0 Å². The van der Waals surface area contributed by atoms with Crippen LogP contribution in [-0.2, 0) is 4.57 Å². The van der Waals surface area contributed by atoms with Gasteiger partial charge in [0, 0.05) is 37.6 Å². The first-order chi connectivity index (χ1) is 24.7. The van der Waals surface area contributed by atoms with Crippen molar-refractivity contribution in [2.75, 3.05) is 0 Å². The zero-order valence-electron chi connectivity index (χ0n) is 27.3. The summed E-state index contributed by atoms with van der Waals surface area (Å²) in [6, 6.07) is 66.7. The van der Waals surface area contributed by atoms with Crippen LogP contribution in [0.5, 0.6) is 0 Å². The van der Waals surface area contributed by atoms with Gasteiger partial charge in [-0.05, 0) is 63.4 Å². The van der Waals surface area contributed by atoms with Crippen LogP contribution in [0.3, 0.4) is 0 Å². The molecule has 0 aliphatic rings. The molecule has 50 heavy (non-hydrogen) atoms. The van der Waals surface area contributed by atoms with Crippen LogP contribution in [0.1, 0.15) is 0 Å². The van der Waals surface area contributed by atoms with E-state index in [0.29, 0.717) is 0 Å². The minimum absolute atomic E-state index is 0.801. The number of para-hydroxylation sites is 1. The quantitative estimate of drug-likeness (QED) is 0.132. The van der Waals surface area contributed by atoms with Crippen molar-refractivity contribution in [1.29, 1.82) is 0 Å². The highest BCUT2D eigenvalue weighted by Gasteiger charge is 2.31. The minimum Gasteiger partial charge on any atom is -0.309 e. The molecular weight excluding hydrogens is 625 g/mol. The number of nitrogens with zero attached hydrogens (tertiary/aromatic N) is 1. The van der Waals surface area contributed by atoms with Crippen molar-refractivity contribution in [1.82, 2.24) is 4.98 Å². The lowest BCUT2D eigenvalue weighted by Gasteiger charge is -2.22. The second-order valence-corrected chi connectivity index (χ2v) is 15.4. The molecule has 1 heterocycles. The van der Waals surface area contributed by atoms with Crippen molar-refractivity contribution < 1.29 is 4.57 Å². The van der Waals surface area contributed by atoms with Gasteiger partial charge in [0.2, 0.25) is 0 Å². The summed E-state index contributed by atoms with van der Waals surface area (Å²) in [6.07, 6.45) is 0. The van der Waals surface area contributed by atoms with E-state index in [9.17, 15) is 0 Å². The van der Waals surface area contributed by atoms with Gasteiger partial charge in [-0.25, -0.2) is 4.98 Å². The topological polar surface area (TPSA) is 30.0 Å². The molecule has 2 nitrogen and oxygen atoms in total. The number of rotatable bonds is 6. The van der Waals surface area contributed by atoms with E-state index in [4.69, 9.17) is 4.98 Å². The van der Waals surface area contributed by atoms with E-state index in [1.807, 2.05) is 72.8 Å². The SMILES string of the molecule is O=P(c1ccccc1)(c1ccccc1)c1cc(-c2ccccc2)cc(-c2cc3c(-c4ccccc4)nc4ccccc4c3c3ccccc23)c1. The third-order valence-corrected chi connectivity index (χ3v) is 12.7. The molecule has 9 rings (SSSR count). The first-order valence-electron chi connectivity index (χ1n) is 16.9. The van der Waals surface area contributed by atoms with E-state index < -0.39 is 7.14 Å². The fourth-order valence-corrected chi connectivity index (χ4v) is 10.1. The van der Waals surface area contributed by atoms with Crippen molar-refractivity contribution in [3.8, 4) is 33.5 Å². The van der Waals surface area contributed by atoms with Crippen molar-refractivity contribution >= 4 is 55.5 Å². The standard InChI is InChI=1S/C47H32NOP/c49-50(37-21-9-3-10-22-37,38-23-11-4-12-24-38)39-30-35(33-17-5-1-6-18-33)29-36(31-39)43-32-44-46(41-26-14-13-25-40(41)43)42-27-15-16-28-45(42)48-47(44)34-19-7-2-8-20-34/h1-32H. The van der Waals surface area contributed by atoms with Crippen LogP contribution in [0.2, 0.25) is 0 Å². The van der Waals surface area contributed by atoms with Gasteiger partial charge in [0.15, 0.2) is 7.14 Å². The first-order valence-corrected chi connectivity index (χ1v) is 18.6. The average molecular weight is 658 g/mol. The highest BCUT2D eigenvalue weighted by molar-refractivity contribution is 7.85. The van der Waals surface area contributed by atoms with Crippen molar-refractivity contribution in [3.05, 3.63) is 194 Å². The lowest BCUT2D eigenvalue weighted by atomic mass is 9.89. The fraction of sp³-hybridized carbons (Fsp3) is 0. The van der Waals surface area contributed by atoms with Gasteiger partial charge >= 0.3 is 0 Å². The molecule has 1 aromatic heterocycles. The first kappa shape index (κ1) is 30.0. The summed E-state index contributed by atoms with van der Waals surface area (Å²) in [5.74, 6) is 0. The van der Waals surface area contributed by atoms with Crippen LogP contribution in [0.4, 0.5) is 0 Å². The van der Waals surface area contributed by atoms with E-state index in [1.54, 1.807) is 0 Å². The van der Waals surface area contributed by atoms with Crippen LogP contribution in [0.25, 0.3) is 66.0 Å². The van der Waals surface area contributed by atoms with Gasteiger partial charge in [0.05, 0.1) is 11.2 Å². The van der Waals surface area contributed by atoms with Gasteiger partial charge in [-0.3, -0.25) is 0 Å². The lowest BCUT2D eigenvalue weighted by Crippen LogP contribution is -2.25. The zero-order chi connectivity index (χ0) is 33.5. The molecule has 0 spiro atoms. The second kappa shape index (κ2) is 12.4. The number of pyridine rings is 1. The Labute approximate surface area is 291 Å². The Hall–Kier alpha value is -6.08. The molecule has 9 aromatic rings. The summed E-state index contributed by atoms with van der Waals surface area (Å²) < 4.78 is 15.8. The molecule has 0 saturated heterocycles. The molecule has 0 fully saturated rings. The third kappa shape index (κ3) is 5.05. The molecule has 8 aromatic carbocycles. The van der Waals surface area contributed by atoms with Crippen LogP contribution >= 0.6 is 7.14 Å². The van der Waals surface area contributed by atoms with Crippen molar-refractivity contribution in [2.45, 2.75) is 0 Å². The Bertz CT molecular complexity index is 2660. The molecule has 0 radical (unpaired) electrons. The van der Waals surface area contributed by atoms with Crippen LogP contribution in [-0.4, -0.2) is 4.98 Å². The van der Waals surface area contributed by atoms with Crippen molar-refractivity contribution in [3.63, 3.8) is 0 Å². The molecular formula is C47H32NOP. The molecule has 0 unspecified atom stereocenters. The Kier molecular flexibility index (Phi) is 7.46. The summed E-state index contributed by atoms with van der Waals surface area (Å²) in [5.41, 5.74) is 7.18. The Balaban J connectivity index is 1.41. The molecule has 0 aliphatic carbocycles. The largest absolute Gasteiger partial charge is 0.309 e. The molecule has 0 saturated carbocycles. The Morgan fingerprint density at radius 2 is 0.860 bits per heavy atom. The highest BCUT2D eigenvalue weighted by Crippen LogP contribution is 2.46. The normalized spacial score (nSPS) is 11.7. The Morgan fingerprint density at radius 1 is 0.360 bits per heavy atom. The van der Waals surface area contributed by atoms with Gasteiger partial charge in [0.25, 0.3) is 0 Å². The average Bonchev–Trinajstić information content (AvgIpc) is 3.21. The maximum absolute atomic E-state index is 15.8. The molecule has 0 N–H and O–H groups in total. The number of benzene rings is 8. The minimum atomic E-state index is -3.28. The van der Waals surface area contributed by atoms with Gasteiger partial charge in [-0.2, -0.15) is 0 Å². The summed E-state index contributed by atoms with van der Waals surface area (Å²) in [4.78, 5) is 5.27. The smallest absolute Gasteiger partial charge is 0.171 e. The van der Waals surface area contributed by atoms with Gasteiger partial charge in [-0.15, -0.1) is 0 Å². The lowest BCUT2D eigenvalue weighted by molar-refractivity contribution is 0.592. The summed E-state index contributed by atoms with van der Waals surface area (Å²) >= 11 is 0. The van der Waals surface area contributed by atoms with Crippen LogP contribution in [0, 0.1) is 0 Å². The monoisotopic (exact) mass is 657 g/mol. The molecule has 0 amide bonds. The van der Waals surface area contributed by atoms with E-state index in [1.165, 1.54) is 5.39 Å². The predicted octanol–water partition coefficient (Wildman–Crippen LogP) is 11.2. The zero-order valence-corrected chi connectivity index (χ0v) is 28.2. The van der Waals surface area contributed by atoms with E-state index in [-0.39, 0.29) is 0 Å². The second-order valence-electron chi connectivity index (χ2n) is 12.7. The number of fused-ring (bicyclic) bond motifs is 5. The number of hydrogen-bond donors (Lipinski definition) is 0. The molecule has 0 atom stereocenters. The van der Waals surface area contributed by atoms with E-state index >= 15 is 4.57 Å². The van der Waals surface area contributed by atoms with Gasteiger partial charge in [0.1, 0.15) is 0 Å². The van der Waals surface area contributed by atoms with Crippen LogP contribution < -0.4 is 15.9 Å². The predicted molar refractivity (Wildman–Crippen MR) is 212 cm³/mol. The summed E-state index contributed by atoms with van der Waals surface area (Å²) in [7, 11) is -3.28. The van der Waals surface area contributed by atoms with E-state index in [0.717, 1.165) is 76.5 Å². The number of aromatic nitrogens is 1. The highest BCUT2D eigenvalue weighted by atomic mass is 31.2. The molecule has 0 aliphatic heterocycles.